The van der Waals surface area contributed by atoms with E-state index in [1.807, 2.05) is 17.5 Å². The molecule has 0 radical (unpaired) electrons. The van der Waals surface area contributed by atoms with Crippen molar-refractivity contribution >= 4 is 23.0 Å². The number of nitrogens with zero attached hydrogens (tertiary/aromatic N) is 3. The molecule has 21 heavy (non-hydrogen) atoms. The van der Waals surface area contributed by atoms with Crippen molar-refractivity contribution in [2.75, 3.05) is 0 Å². The minimum atomic E-state index is -5.01. The number of alkyl halides is 3. The Kier molecular flexibility index (Phi) is 4.36. The van der Waals surface area contributed by atoms with E-state index in [1.54, 1.807) is 0 Å². The summed E-state index contributed by atoms with van der Waals surface area (Å²) in [6.45, 7) is 0.00302. The second kappa shape index (κ2) is 6.04. The Hall–Kier alpha value is -2.23. The average molecular weight is 318 g/mol. The minimum Gasteiger partial charge on any atom is -0.350 e. The number of aromatic nitrogens is 3. The first-order valence-corrected chi connectivity index (χ1v) is 6.55. The minimum absolute atomic E-state index is 0.316. The molecule has 2 rings (SSSR count). The smallest absolute Gasteiger partial charge is 0.350 e. The van der Waals surface area contributed by atoms with Gasteiger partial charge in [-0.05, 0) is 11.4 Å². The standard InChI is InChI=1S/C11H9F3N4O2S/c12-11(13,14)10(20)8-5-18(17-16-8)6-9(19)15-4-7-2-1-3-21-7/h1-3,5H,4,6H2,(H,15,19). The van der Waals surface area contributed by atoms with Crippen LogP contribution in [0.5, 0.6) is 0 Å². The lowest BCUT2D eigenvalue weighted by atomic mass is 10.3. The summed E-state index contributed by atoms with van der Waals surface area (Å²) in [5, 5.41) is 10.9. The lowest BCUT2D eigenvalue weighted by Crippen LogP contribution is -2.27. The molecule has 0 fully saturated rings. The number of hydrogen-bond donors (Lipinski definition) is 1. The van der Waals surface area contributed by atoms with E-state index in [1.165, 1.54) is 11.3 Å². The zero-order chi connectivity index (χ0) is 15.5. The highest BCUT2D eigenvalue weighted by Crippen LogP contribution is 2.19. The lowest BCUT2D eigenvalue weighted by molar-refractivity contribution is -0.122. The van der Waals surface area contributed by atoms with E-state index in [9.17, 15) is 22.8 Å². The Morgan fingerprint density at radius 2 is 2.14 bits per heavy atom. The van der Waals surface area contributed by atoms with Crippen molar-refractivity contribution in [2.45, 2.75) is 19.3 Å². The van der Waals surface area contributed by atoms with Crippen LogP contribution in [0.15, 0.2) is 23.7 Å². The van der Waals surface area contributed by atoms with E-state index < -0.39 is 23.6 Å². The van der Waals surface area contributed by atoms with E-state index in [0.717, 1.165) is 15.8 Å². The van der Waals surface area contributed by atoms with Gasteiger partial charge in [0, 0.05) is 4.88 Å². The zero-order valence-corrected chi connectivity index (χ0v) is 11.2. The van der Waals surface area contributed by atoms with Gasteiger partial charge in [0.2, 0.25) is 5.91 Å². The van der Waals surface area contributed by atoms with Gasteiger partial charge in [-0.3, -0.25) is 9.59 Å². The molecule has 2 aromatic heterocycles. The van der Waals surface area contributed by atoms with Crippen molar-refractivity contribution in [1.82, 2.24) is 20.3 Å². The molecule has 0 saturated carbocycles. The maximum atomic E-state index is 12.2. The first kappa shape index (κ1) is 15.2. The molecule has 0 atom stereocenters. The van der Waals surface area contributed by atoms with Crippen LogP contribution in [0.25, 0.3) is 0 Å². The fourth-order valence-corrected chi connectivity index (χ4v) is 2.07. The van der Waals surface area contributed by atoms with Crippen molar-refractivity contribution in [3.8, 4) is 0 Å². The van der Waals surface area contributed by atoms with Crippen LogP contribution in [0.1, 0.15) is 15.4 Å². The van der Waals surface area contributed by atoms with Crippen LogP contribution in [0, 0.1) is 0 Å². The van der Waals surface area contributed by atoms with E-state index >= 15 is 0 Å². The summed E-state index contributed by atoms with van der Waals surface area (Å²) >= 11 is 1.46. The summed E-state index contributed by atoms with van der Waals surface area (Å²) in [5.74, 6) is -2.54. The average Bonchev–Trinajstić information content (AvgIpc) is 3.05. The fraction of sp³-hybridized carbons (Fsp3) is 0.273. The summed E-state index contributed by atoms with van der Waals surface area (Å²) in [6.07, 6.45) is -4.22. The normalized spacial score (nSPS) is 11.4. The summed E-state index contributed by atoms with van der Waals surface area (Å²) < 4.78 is 37.4. The number of rotatable bonds is 5. The van der Waals surface area contributed by atoms with E-state index in [4.69, 9.17) is 0 Å². The van der Waals surface area contributed by atoms with E-state index in [0.29, 0.717) is 6.54 Å². The Balaban J connectivity index is 1.90. The molecule has 0 unspecified atom stereocenters. The molecular formula is C11H9F3N4O2S. The van der Waals surface area contributed by atoms with Gasteiger partial charge in [0.15, 0.2) is 5.69 Å². The third kappa shape index (κ3) is 4.12. The third-order valence-electron chi connectivity index (χ3n) is 2.37. The van der Waals surface area contributed by atoms with Gasteiger partial charge in [-0.15, -0.1) is 16.4 Å². The van der Waals surface area contributed by atoms with Gasteiger partial charge in [0.25, 0.3) is 5.78 Å². The highest BCUT2D eigenvalue weighted by atomic mass is 32.1. The van der Waals surface area contributed by atoms with Crippen molar-refractivity contribution in [2.24, 2.45) is 0 Å². The van der Waals surface area contributed by atoms with Gasteiger partial charge in [-0.25, -0.2) is 4.68 Å². The Morgan fingerprint density at radius 3 is 2.76 bits per heavy atom. The molecule has 10 heteroatoms. The first-order valence-electron chi connectivity index (χ1n) is 5.67. The molecule has 0 aliphatic heterocycles. The zero-order valence-electron chi connectivity index (χ0n) is 10.4. The molecule has 0 spiro atoms. The maximum absolute atomic E-state index is 12.2. The molecule has 0 bridgehead atoms. The van der Waals surface area contributed by atoms with Gasteiger partial charge in [0.1, 0.15) is 6.54 Å². The molecule has 6 nitrogen and oxygen atoms in total. The number of ketones is 1. The van der Waals surface area contributed by atoms with Gasteiger partial charge in [0.05, 0.1) is 12.7 Å². The van der Waals surface area contributed by atoms with Gasteiger partial charge in [-0.2, -0.15) is 13.2 Å². The summed E-state index contributed by atoms with van der Waals surface area (Å²) in [4.78, 5) is 23.4. The van der Waals surface area contributed by atoms with Crippen LogP contribution in [0.3, 0.4) is 0 Å². The fourth-order valence-electron chi connectivity index (χ4n) is 1.43. The largest absolute Gasteiger partial charge is 0.456 e. The Bertz CT molecular complexity index is 636. The molecule has 1 amide bonds. The number of nitrogens with one attached hydrogen (secondary N) is 1. The van der Waals surface area contributed by atoms with E-state index in [2.05, 4.69) is 15.6 Å². The van der Waals surface area contributed by atoms with Crippen LogP contribution in [-0.2, 0) is 17.9 Å². The van der Waals surface area contributed by atoms with Crippen molar-refractivity contribution < 1.29 is 22.8 Å². The molecule has 112 valence electrons. The highest BCUT2D eigenvalue weighted by Gasteiger charge is 2.41. The van der Waals surface area contributed by atoms with Crippen molar-refractivity contribution in [3.63, 3.8) is 0 Å². The SMILES string of the molecule is O=C(Cn1cc(C(=O)C(F)(F)F)nn1)NCc1cccs1. The molecular weight excluding hydrogens is 309 g/mol. The maximum Gasteiger partial charge on any atom is 0.456 e. The predicted molar refractivity (Wildman–Crippen MR) is 66.6 cm³/mol. The molecule has 2 heterocycles. The Labute approximate surface area is 120 Å². The van der Waals surface area contributed by atoms with Crippen molar-refractivity contribution in [1.29, 1.82) is 0 Å². The first-order chi connectivity index (χ1) is 9.86. The molecule has 0 aliphatic rings. The number of halogens is 3. The molecule has 0 aromatic carbocycles. The molecule has 0 aliphatic carbocycles. The number of carbonyl (C=O) groups excluding carboxylic acids is 2. The molecule has 0 saturated heterocycles. The quantitative estimate of drug-likeness (QED) is 0.846. The van der Waals surface area contributed by atoms with Gasteiger partial charge >= 0.3 is 6.18 Å². The van der Waals surface area contributed by atoms with Crippen LogP contribution >= 0.6 is 11.3 Å². The lowest BCUT2D eigenvalue weighted by Gasteiger charge is -2.03. The third-order valence-corrected chi connectivity index (χ3v) is 3.25. The molecule has 1 N–H and O–H groups in total. The second-order valence-corrected chi connectivity index (χ2v) is 5.02. The van der Waals surface area contributed by atoms with E-state index in [-0.39, 0.29) is 6.54 Å². The van der Waals surface area contributed by atoms with Crippen LogP contribution in [-0.4, -0.2) is 32.9 Å². The topological polar surface area (TPSA) is 76.9 Å². The van der Waals surface area contributed by atoms with Gasteiger partial charge < -0.3 is 5.32 Å². The summed E-state index contributed by atoms with van der Waals surface area (Å²) in [7, 11) is 0. The van der Waals surface area contributed by atoms with Crippen LogP contribution < -0.4 is 5.32 Å². The molecule has 2 aromatic rings. The van der Waals surface area contributed by atoms with Crippen LogP contribution in [0.4, 0.5) is 13.2 Å². The summed E-state index contributed by atoms with van der Waals surface area (Å²) in [6, 6.07) is 3.67. The number of Topliss-reactive ketones (excluding diaryl/α,β-unsaturated/α-hetero) is 1. The summed E-state index contributed by atoms with van der Waals surface area (Å²) in [5.41, 5.74) is -0.839. The predicted octanol–water partition coefficient (Wildman–Crippen LogP) is 1.40. The van der Waals surface area contributed by atoms with Crippen LogP contribution in [0.2, 0.25) is 0 Å². The number of carbonyl (C=O) groups is 2. The Morgan fingerprint density at radius 1 is 1.38 bits per heavy atom. The second-order valence-electron chi connectivity index (χ2n) is 3.98. The number of thiophene rings is 1. The van der Waals surface area contributed by atoms with Gasteiger partial charge in [-0.1, -0.05) is 11.3 Å². The number of hydrogen-bond acceptors (Lipinski definition) is 5. The monoisotopic (exact) mass is 318 g/mol. The number of amides is 1. The van der Waals surface area contributed by atoms with Crippen molar-refractivity contribution in [3.05, 3.63) is 34.3 Å². The highest BCUT2D eigenvalue weighted by molar-refractivity contribution is 7.09.